The van der Waals surface area contributed by atoms with Crippen molar-refractivity contribution >= 4 is 52.2 Å². The molecule has 1 aromatic carbocycles. The van der Waals surface area contributed by atoms with E-state index in [0.717, 1.165) is 5.56 Å². The molecule has 0 bridgehead atoms. The summed E-state index contributed by atoms with van der Waals surface area (Å²) in [6.07, 6.45) is 2.21. The van der Waals surface area contributed by atoms with Crippen molar-refractivity contribution in [2.24, 2.45) is 0 Å². The lowest BCUT2D eigenvalue weighted by Gasteiger charge is -2.13. The second-order valence-corrected chi connectivity index (χ2v) is 7.40. The van der Waals surface area contributed by atoms with Crippen molar-refractivity contribution in [2.45, 2.75) is 12.8 Å². The van der Waals surface area contributed by atoms with Crippen molar-refractivity contribution in [2.75, 3.05) is 27.3 Å². The fourth-order valence-corrected chi connectivity index (χ4v) is 3.76. The molecule has 150 valence electrons. The zero-order chi connectivity index (χ0) is 20.7. The van der Waals surface area contributed by atoms with Crippen molar-refractivity contribution in [3.8, 4) is 11.5 Å². The summed E-state index contributed by atoms with van der Waals surface area (Å²) in [6.45, 7) is -0.137. The number of rotatable bonds is 9. The van der Waals surface area contributed by atoms with E-state index < -0.39 is 12.5 Å². The van der Waals surface area contributed by atoms with Crippen LogP contribution in [-0.4, -0.2) is 59.4 Å². The monoisotopic (exact) mass is 424 g/mol. The Kier molecular flexibility index (Phi) is 7.82. The topological polar surface area (TPSA) is 105 Å². The Morgan fingerprint density at radius 1 is 1.29 bits per heavy atom. The van der Waals surface area contributed by atoms with Crippen molar-refractivity contribution in [1.29, 1.82) is 0 Å². The van der Waals surface area contributed by atoms with Crippen LogP contribution in [-0.2, 0) is 14.4 Å². The molecular weight excluding hydrogens is 404 g/mol. The number of hydrogen-bond donors (Lipinski definition) is 2. The van der Waals surface area contributed by atoms with Gasteiger partial charge in [-0.2, -0.15) is 0 Å². The van der Waals surface area contributed by atoms with Crippen molar-refractivity contribution in [1.82, 2.24) is 10.2 Å². The second-order valence-electron chi connectivity index (χ2n) is 5.72. The molecule has 0 aromatic heterocycles. The van der Waals surface area contributed by atoms with Crippen molar-refractivity contribution in [3.63, 3.8) is 0 Å². The van der Waals surface area contributed by atoms with E-state index in [1.54, 1.807) is 31.4 Å². The van der Waals surface area contributed by atoms with Gasteiger partial charge in [-0.15, -0.1) is 0 Å². The minimum absolute atomic E-state index is 0.110. The molecule has 2 rings (SSSR count). The van der Waals surface area contributed by atoms with Crippen LogP contribution >= 0.6 is 24.0 Å². The highest BCUT2D eigenvalue weighted by atomic mass is 32.2. The molecule has 0 saturated carbocycles. The molecule has 0 unspecified atom stereocenters. The third kappa shape index (κ3) is 5.70. The summed E-state index contributed by atoms with van der Waals surface area (Å²) in [4.78, 5) is 36.5. The summed E-state index contributed by atoms with van der Waals surface area (Å²) in [5.41, 5.74) is 0.770. The third-order valence-electron chi connectivity index (χ3n) is 3.80. The summed E-state index contributed by atoms with van der Waals surface area (Å²) in [5.74, 6) is -0.567. The zero-order valence-electron chi connectivity index (χ0n) is 15.4. The first-order valence-electron chi connectivity index (χ1n) is 8.31. The van der Waals surface area contributed by atoms with Crippen LogP contribution in [0.4, 0.5) is 0 Å². The molecule has 1 heterocycles. The molecular formula is C18H20N2O6S2. The van der Waals surface area contributed by atoms with E-state index in [1.165, 1.54) is 23.8 Å². The van der Waals surface area contributed by atoms with Gasteiger partial charge in [0.15, 0.2) is 11.5 Å². The molecule has 2 N–H and O–H groups in total. The van der Waals surface area contributed by atoms with Crippen molar-refractivity contribution < 1.29 is 29.0 Å². The van der Waals surface area contributed by atoms with Gasteiger partial charge in [-0.25, -0.2) is 0 Å². The average Bonchev–Trinajstić information content (AvgIpc) is 2.93. The van der Waals surface area contributed by atoms with E-state index >= 15 is 0 Å². The maximum Gasteiger partial charge on any atom is 0.322 e. The Hall–Kier alpha value is -2.59. The maximum absolute atomic E-state index is 12.6. The van der Waals surface area contributed by atoms with Gasteiger partial charge in [-0.05, 0) is 30.2 Å². The minimum atomic E-state index is -1.11. The zero-order valence-corrected chi connectivity index (χ0v) is 17.0. The predicted molar refractivity (Wildman–Crippen MR) is 109 cm³/mol. The fraction of sp³-hybridized carbons (Fsp3) is 0.333. The molecule has 2 amide bonds. The minimum Gasteiger partial charge on any atom is -0.493 e. The maximum atomic E-state index is 12.6. The molecule has 10 heteroatoms. The van der Waals surface area contributed by atoms with Gasteiger partial charge in [-0.3, -0.25) is 19.3 Å². The number of aliphatic carboxylic acids is 1. The lowest BCUT2D eigenvalue weighted by atomic mass is 10.2. The van der Waals surface area contributed by atoms with Crippen LogP contribution in [0.1, 0.15) is 18.4 Å². The number of carboxylic acids is 1. The second kappa shape index (κ2) is 10.1. The van der Waals surface area contributed by atoms with Crippen LogP contribution in [0.2, 0.25) is 0 Å². The normalized spacial score (nSPS) is 15.1. The van der Waals surface area contributed by atoms with Crippen LogP contribution in [0, 0.1) is 0 Å². The number of thiocarbonyl (C=S) groups is 1. The Labute approximate surface area is 171 Å². The molecule has 0 spiro atoms. The first kappa shape index (κ1) is 21.7. The van der Waals surface area contributed by atoms with Crippen LogP contribution in [0.15, 0.2) is 23.1 Å². The molecule has 28 heavy (non-hydrogen) atoms. The molecule has 1 saturated heterocycles. The lowest BCUT2D eigenvalue weighted by molar-refractivity contribution is -0.137. The SMILES string of the molecule is COc1ccc(/C=C2\SC(=S)N(CCCC(=O)NCC(=O)O)C2=O)cc1OC. The molecule has 1 aliphatic heterocycles. The van der Waals surface area contributed by atoms with Gasteiger partial charge in [0.2, 0.25) is 5.91 Å². The fourth-order valence-electron chi connectivity index (χ4n) is 2.45. The largest absolute Gasteiger partial charge is 0.493 e. The Balaban J connectivity index is 1.98. The quantitative estimate of drug-likeness (QED) is 0.457. The number of carbonyl (C=O) groups is 3. The lowest BCUT2D eigenvalue weighted by Crippen LogP contribution is -2.32. The van der Waals surface area contributed by atoms with Crippen LogP contribution in [0.5, 0.6) is 11.5 Å². The number of amides is 2. The summed E-state index contributed by atoms with van der Waals surface area (Å²) < 4.78 is 10.9. The first-order chi connectivity index (χ1) is 13.3. The van der Waals surface area contributed by atoms with Crippen LogP contribution in [0.3, 0.4) is 0 Å². The summed E-state index contributed by atoms with van der Waals surface area (Å²) >= 11 is 6.46. The number of nitrogens with one attached hydrogen (secondary N) is 1. The summed E-state index contributed by atoms with van der Waals surface area (Å²) in [5, 5.41) is 10.8. The number of methoxy groups -OCH3 is 2. The van der Waals surface area contributed by atoms with E-state index in [0.29, 0.717) is 27.1 Å². The Bertz CT molecular complexity index is 824. The highest BCUT2D eigenvalue weighted by Crippen LogP contribution is 2.34. The smallest absolute Gasteiger partial charge is 0.322 e. The first-order valence-corrected chi connectivity index (χ1v) is 9.54. The molecule has 1 aromatic rings. The molecule has 0 atom stereocenters. The van der Waals surface area contributed by atoms with Gasteiger partial charge in [-0.1, -0.05) is 30.0 Å². The standard InChI is InChI=1S/C18H20N2O6S2/c1-25-12-6-5-11(8-13(12)26-2)9-14-17(24)20(18(27)28-14)7-3-4-15(21)19-10-16(22)23/h5-6,8-9H,3-4,7,10H2,1-2H3,(H,19,21)(H,22,23)/b14-9-. The molecule has 1 aliphatic rings. The van der Waals surface area contributed by atoms with E-state index in [4.69, 9.17) is 26.8 Å². The number of carboxylic acid groups (broad SMARTS) is 1. The van der Waals surface area contributed by atoms with Gasteiger partial charge in [0, 0.05) is 13.0 Å². The van der Waals surface area contributed by atoms with E-state index in [2.05, 4.69) is 5.32 Å². The predicted octanol–water partition coefficient (Wildman–Crippen LogP) is 1.89. The third-order valence-corrected chi connectivity index (χ3v) is 5.18. The number of hydrogen-bond acceptors (Lipinski definition) is 7. The molecule has 0 radical (unpaired) electrons. The van der Waals surface area contributed by atoms with Crippen LogP contribution < -0.4 is 14.8 Å². The average molecular weight is 425 g/mol. The van der Waals surface area contributed by atoms with Crippen molar-refractivity contribution in [3.05, 3.63) is 28.7 Å². The Morgan fingerprint density at radius 3 is 2.64 bits per heavy atom. The van der Waals surface area contributed by atoms with Gasteiger partial charge in [0.1, 0.15) is 10.9 Å². The highest BCUT2D eigenvalue weighted by Gasteiger charge is 2.31. The summed E-state index contributed by atoms with van der Waals surface area (Å²) in [7, 11) is 3.08. The molecule has 1 fully saturated rings. The Morgan fingerprint density at radius 2 is 2.00 bits per heavy atom. The number of ether oxygens (including phenoxy) is 2. The number of benzene rings is 1. The van der Waals surface area contributed by atoms with Gasteiger partial charge in [0.25, 0.3) is 5.91 Å². The number of thioether (sulfide) groups is 1. The number of nitrogens with zero attached hydrogens (tertiary/aromatic N) is 1. The van der Waals surface area contributed by atoms with Gasteiger partial charge >= 0.3 is 5.97 Å². The van der Waals surface area contributed by atoms with Crippen LogP contribution in [0.25, 0.3) is 6.08 Å². The van der Waals surface area contributed by atoms with E-state index in [9.17, 15) is 14.4 Å². The molecule has 8 nitrogen and oxygen atoms in total. The number of carbonyl (C=O) groups excluding carboxylic acids is 2. The van der Waals surface area contributed by atoms with Gasteiger partial charge < -0.3 is 19.9 Å². The van der Waals surface area contributed by atoms with E-state index in [-0.39, 0.29) is 24.8 Å². The summed E-state index contributed by atoms with van der Waals surface area (Å²) in [6, 6.07) is 5.32. The molecule has 0 aliphatic carbocycles. The van der Waals surface area contributed by atoms with E-state index in [1.807, 2.05) is 0 Å². The van der Waals surface area contributed by atoms with Gasteiger partial charge in [0.05, 0.1) is 19.1 Å². The highest BCUT2D eigenvalue weighted by molar-refractivity contribution is 8.26.